The van der Waals surface area contributed by atoms with Gasteiger partial charge in [0.2, 0.25) is 0 Å². The summed E-state index contributed by atoms with van der Waals surface area (Å²) in [5, 5.41) is 5.44. The summed E-state index contributed by atoms with van der Waals surface area (Å²) in [5.74, 6) is 0.237. The van der Waals surface area contributed by atoms with Crippen LogP contribution >= 0.6 is 22.5 Å². The van der Waals surface area contributed by atoms with Gasteiger partial charge in [-0.15, -0.1) is 0 Å². The predicted molar refractivity (Wildman–Crippen MR) is 76.8 cm³/mol. The van der Waals surface area contributed by atoms with Crippen molar-refractivity contribution in [3.8, 4) is 0 Å². The molecule has 1 aromatic rings. The summed E-state index contributed by atoms with van der Waals surface area (Å²) < 4.78 is 0. The van der Waals surface area contributed by atoms with Gasteiger partial charge in [0.15, 0.2) is 0 Å². The second kappa shape index (κ2) is 5.56. The minimum atomic E-state index is -0.352. The minimum Gasteiger partial charge on any atom is -0.300 e. The molecule has 90 valence electrons. The molecule has 0 amide bonds. The van der Waals surface area contributed by atoms with Crippen molar-refractivity contribution in [1.82, 2.24) is 0 Å². The first kappa shape index (κ1) is 12.5. The minimum absolute atomic E-state index is 0.237. The van der Waals surface area contributed by atoms with Crippen LogP contribution in [0.4, 0.5) is 0 Å². The molecule has 0 aromatic heterocycles. The molecule has 0 fully saturated rings. The van der Waals surface area contributed by atoms with E-state index in [9.17, 15) is 4.79 Å². The van der Waals surface area contributed by atoms with Crippen LogP contribution in [0.25, 0.3) is 0 Å². The zero-order chi connectivity index (χ0) is 12.3. The fraction of sp³-hybridized carbons (Fsp3) is 0.214. The Morgan fingerprint density at radius 2 is 1.82 bits per heavy atom. The highest BCUT2D eigenvalue weighted by molar-refractivity contribution is 8.22. The standard InChI is InChI=1S/C14H15ClOS/c1-11(16)10-14(17-8-2-3-9-17)12-4-6-13(15)7-5-12/h2-9,14,17H,10H2,1H3. The fourth-order valence-electron chi connectivity index (χ4n) is 1.91. The summed E-state index contributed by atoms with van der Waals surface area (Å²) in [4.78, 5) is 11.4. The third-order valence-corrected chi connectivity index (χ3v) is 5.21. The summed E-state index contributed by atoms with van der Waals surface area (Å²) in [6.45, 7) is 1.65. The van der Waals surface area contributed by atoms with Crippen LogP contribution in [0.5, 0.6) is 0 Å². The van der Waals surface area contributed by atoms with E-state index in [-0.39, 0.29) is 21.9 Å². The molecule has 1 nitrogen and oxygen atoms in total. The summed E-state index contributed by atoms with van der Waals surface area (Å²) >= 11 is 5.89. The molecule has 2 rings (SSSR count). The van der Waals surface area contributed by atoms with E-state index in [2.05, 4.69) is 23.0 Å². The third-order valence-electron chi connectivity index (χ3n) is 2.72. The number of carbonyl (C=O) groups is 1. The van der Waals surface area contributed by atoms with Gasteiger partial charge >= 0.3 is 0 Å². The second-order valence-electron chi connectivity index (χ2n) is 4.10. The van der Waals surface area contributed by atoms with Gasteiger partial charge in [-0.1, -0.05) is 35.9 Å². The Balaban J connectivity index is 2.25. The average Bonchev–Trinajstić information content (AvgIpc) is 2.80. The Kier molecular flexibility index (Phi) is 4.08. The number of benzene rings is 1. The van der Waals surface area contributed by atoms with E-state index in [1.807, 2.05) is 24.3 Å². The lowest BCUT2D eigenvalue weighted by Gasteiger charge is -2.23. The molecule has 0 aliphatic carbocycles. The monoisotopic (exact) mass is 266 g/mol. The van der Waals surface area contributed by atoms with Gasteiger partial charge in [-0.3, -0.25) is 4.79 Å². The van der Waals surface area contributed by atoms with E-state index in [4.69, 9.17) is 11.6 Å². The molecule has 0 spiro atoms. The number of carbonyl (C=O) groups excluding carboxylic acids is 1. The van der Waals surface area contributed by atoms with Crippen molar-refractivity contribution in [3.05, 3.63) is 57.8 Å². The number of rotatable bonds is 4. The molecule has 0 N–H and O–H groups in total. The summed E-state index contributed by atoms with van der Waals surface area (Å²) in [6.07, 6.45) is 4.73. The van der Waals surface area contributed by atoms with Crippen molar-refractivity contribution in [2.24, 2.45) is 0 Å². The molecule has 1 aromatic carbocycles. The molecule has 1 aliphatic heterocycles. The highest BCUT2D eigenvalue weighted by atomic mass is 35.5. The van der Waals surface area contributed by atoms with Gasteiger partial charge in [0, 0.05) is 16.7 Å². The van der Waals surface area contributed by atoms with Gasteiger partial charge < -0.3 is 0 Å². The number of halogens is 1. The zero-order valence-corrected chi connectivity index (χ0v) is 11.3. The maximum Gasteiger partial charge on any atom is 0.131 e. The van der Waals surface area contributed by atoms with Crippen LogP contribution in [0.2, 0.25) is 5.02 Å². The molecule has 0 radical (unpaired) electrons. The topological polar surface area (TPSA) is 17.1 Å². The van der Waals surface area contributed by atoms with Gasteiger partial charge in [0.1, 0.15) is 5.78 Å². The SMILES string of the molecule is CC(=O)CC(c1ccc(Cl)cc1)[SH]1C=CC=C1. The maximum atomic E-state index is 11.4. The third kappa shape index (κ3) is 3.24. The average molecular weight is 267 g/mol. The van der Waals surface area contributed by atoms with Gasteiger partial charge in [-0.05, 0) is 35.4 Å². The Labute approximate surface area is 110 Å². The van der Waals surface area contributed by atoms with Crippen LogP contribution in [0.3, 0.4) is 0 Å². The predicted octanol–water partition coefficient (Wildman–Crippen LogP) is 4.40. The van der Waals surface area contributed by atoms with Crippen LogP contribution < -0.4 is 0 Å². The number of thiol groups is 1. The van der Waals surface area contributed by atoms with Gasteiger partial charge in [-0.2, -0.15) is 0 Å². The van der Waals surface area contributed by atoms with Crippen LogP contribution in [0.15, 0.2) is 47.2 Å². The number of ketones is 1. The summed E-state index contributed by atoms with van der Waals surface area (Å²) in [7, 11) is -0.352. The fourth-order valence-corrected chi connectivity index (χ4v) is 4.13. The van der Waals surface area contributed by atoms with E-state index in [0.717, 1.165) is 5.02 Å². The highest BCUT2D eigenvalue weighted by Crippen LogP contribution is 2.49. The quantitative estimate of drug-likeness (QED) is 0.799. The van der Waals surface area contributed by atoms with E-state index < -0.39 is 0 Å². The number of Topliss-reactive ketones (excluding diaryl/α,β-unsaturated/α-hetero) is 1. The number of allylic oxidation sites excluding steroid dienone is 2. The molecule has 0 saturated carbocycles. The van der Waals surface area contributed by atoms with Gasteiger partial charge in [0.05, 0.1) is 0 Å². The molecule has 1 atom stereocenters. The van der Waals surface area contributed by atoms with Crippen molar-refractivity contribution < 1.29 is 4.79 Å². The molecule has 3 heteroatoms. The van der Waals surface area contributed by atoms with E-state index >= 15 is 0 Å². The molecule has 1 heterocycles. The second-order valence-corrected chi connectivity index (χ2v) is 6.65. The first-order chi connectivity index (χ1) is 8.16. The van der Waals surface area contributed by atoms with Crippen molar-refractivity contribution >= 4 is 28.3 Å². The smallest absolute Gasteiger partial charge is 0.131 e. The Morgan fingerprint density at radius 3 is 2.35 bits per heavy atom. The zero-order valence-electron chi connectivity index (χ0n) is 9.64. The molecule has 0 bridgehead atoms. The lowest BCUT2D eigenvalue weighted by atomic mass is 10.1. The molecule has 1 unspecified atom stereocenters. The van der Waals surface area contributed by atoms with Crippen molar-refractivity contribution in [2.45, 2.75) is 18.6 Å². The lowest BCUT2D eigenvalue weighted by molar-refractivity contribution is -0.117. The van der Waals surface area contributed by atoms with Gasteiger partial charge in [0.25, 0.3) is 0 Å². The van der Waals surface area contributed by atoms with Crippen LogP contribution in [0.1, 0.15) is 24.2 Å². The maximum absolute atomic E-state index is 11.4. The highest BCUT2D eigenvalue weighted by Gasteiger charge is 2.19. The van der Waals surface area contributed by atoms with Crippen molar-refractivity contribution in [3.63, 3.8) is 0 Å². The molecule has 1 aliphatic rings. The largest absolute Gasteiger partial charge is 0.300 e. The van der Waals surface area contributed by atoms with Crippen LogP contribution in [-0.4, -0.2) is 5.78 Å². The van der Waals surface area contributed by atoms with Crippen molar-refractivity contribution in [2.75, 3.05) is 0 Å². The Hall–Kier alpha value is -0.990. The van der Waals surface area contributed by atoms with E-state index in [0.29, 0.717) is 6.42 Å². The van der Waals surface area contributed by atoms with E-state index in [1.165, 1.54) is 5.56 Å². The Morgan fingerprint density at radius 1 is 1.24 bits per heavy atom. The molecular weight excluding hydrogens is 252 g/mol. The Bertz CT molecular complexity index is 450. The first-order valence-electron chi connectivity index (χ1n) is 5.54. The lowest BCUT2D eigenvalue weighted by Crippen LogP contribution is -2.03. The van der Waals surface area contributed by atoms with Crippen LogP contribution in [0, 0.1) is 0 Å². The van der Waals surface area contributed by atoms with Gasteiger partial charge in [-0.25, -0.2) is 10.9 Å². The molecule has 0 saturated heterocycles. The van der Waals surface area contributed by atoms with Crippen molar-refractivity contribution in [1.29, 1.82) is 0 Å². The van der Waals surface area contributed by atoms with Crippen LogP contribution in [-0.2, 0) is 4.79 Å². The number of hydrogen-bond donors (Lipinski definition) is 1. The molecule has 17 heavy (non-hydrogen) atoms. The number of hydrogen-bond acceptors (Lipinski definition) is 1. The summed E-state index contributed by atoms with van der Waals surface area (Å²) in [5.41, 5.74) is 1.20. The molecular formula is C14H15ClOS. The summed E-state index contributed by atoms with van der Waals surface area (Å²) in [6, 6.07) is 7.84. The first-order valence-corrected chi connectivity index (χ1v) is 7.47. The van der Waals surface area contributed by atoms with E-state index in [1.54, 1.807) is 6.92 Å². The normalized spacial score (nSPS) is 17.4.